The Morgan fingerprint density at radius 3 is 2.32 bits per heavy atom. The molecular formula is C23H23N3O4S. The van der Waals surface area contributed by atoms with Gasteiger partial charge in [0, 0.05) is 30.4 Å². The fourth-order valence-corrected chi connectivity index (χ4v) is 4.07. The van der Waals surface area contributed by atoms with Crippen molar-refractivity contribution in [2.75, 3.05) is 10.0 Å². The molecule has 0 aromatic heterocycles. The monoisotopic (exact) mass is 437 g/mol. The smallest absolute Gasteiger partial charge is 0.261 e. The van der Waals surface area contributed by atoms with Gasteiger partial charge in [0.1, 0.15) is 0 Å². The highest BCUT2D eigenvalue weighted by Gasteiger charge is 2.16. The van der Waals surface area contributed by atoms with Gasteiger partial charge in [-0.15, -0.1) is 0 Å². The van der Waals surface area contributed by atoms with E-state index in [1.54, 1.807) is 42.5 Å². The standard InChI is InChI=1S/C23H23N3O4S/c1-16-6-3-10-21(12-16)26-31(29,30)22-11-5-8-19(14-22)23(28)24-15-18-7-4-9-20(13-18)25-17(2)27/h3-14,26H,15H2,1-2H3,(H,24,28)(H,25,27). The van der Waals surface area contributed by atoms with Crippen molar-refractivity contribution in [2.24, 2.45) is 0 Å². The maximum atomic E-state index is 12.7. The largest absolute Gasteiger partial charge is 0.348 e. The van der Waals surface area contributed by atoms with Gasteiger partial charge in [-0.3, -0.25) is 14.3 Å². The summed E-state index contributed by atoms with van der Waals surface area (Å²) in [5, 5.41) is 5.45. The van der Waals surface area contributed by atoms with Gasteiger partial charge in [0.15, 0.2) is 0 Å². The minimum absolute atomic E-state index is 0.00527. The second kappa shape index (κ2) is 9.44. The summed E-state index contributed by atoms with van der Waals surface area (Å²) in [4.78, 5) is 23.7. The summed E-state index contributed by atoms with van der Waals surface area (Å²) in [6, 6.07) is 20.0. The first-order chi connectivity index (χ1) is 14.7. The zero-order valence-electron chi connectivity index (χ0n) is 17.2. The molecule has 3 rings (SSSR count). The second-order valence-corrected chi connectivity index (χ2v) is 8.75. The van der Waals surface area contributed by atoms with Crippen LogP contribution in [0.25, 0.3) is 0 Å². The molecule has 7 nitrogen and oxygen atoms in total. The molecule has 0 spiro atoms. The highest BCUT2D eigenvalue weighted by Crippen LogP contribution is 2.18. The molecule has 0 bridgehead atoms. The van der Waals surface area contributed by atoms with Crippen molar-refractivity contribution in [1.29, 1.82) is 0 Å². The SMILES string of the molecule is CC(=O)Nc1cccc(CNC(=O)c2cccc(S(=O)(=O)Nc3cccc(C)c3)c2)c1. The maximum Gasteiger partial charge on any atom is 0.261 e. The zero-order valence-corrected chi connectivity index (χ0v) is 18.0. The Bertz CT molecular complexity index is 1220. The van der Waals surface area contributed by atoms with Crippen molar-refractivity contribution in [1.82, 2.24) is 5.32 Å². The van der Waals surface area contributed by atoms with Crippen LogP contribution in [0, 0.1) is 6.92 Å². The highest BCUT2D eigenvalue weighted by molar-refractivity contribution is 7.92. The third-order valence-electron chi connectivity index (χ3n) is 4.38. The van der Waals surface area contributed by atoms with Gasteiger partial charge >= 0.3 is 0 Å². The second-order valence-electron chi connectivity index (χ2n) is 7.07. The van der Waals surface area contributed by atoms with E-state index in [0.717, 1.165) is 11.1 Å². The molecule has 160 valence electrons. The molecule has 0 fully saturated rings. The molecule has 3 aromatic carbocycles. The number of benzene rings is 3. The van der Waals surface area contributed by atoms with Crippen LogP contribution < -0.4 is 15.4 Å². The number of carbonyl (C=O) groups excluding carboxylic acids is 2. The number of anilines is 2. The van der Waals surface area contributed by atoms with E-state index in [1.165, 1.54) is 25.1 Å². The average Bonchev–Trinajstić information content (AvgIpc) is 2.71. The normalized spacial score (nSPS) is 10.9. The lowest BCUT2D eigenvalue weighted by atomic mass is 10.1. The van der Waals surface area contributed by atoms with E-state index >= 15 is 0 Å². The average molecular weight is 438 g/mol. The first-order valence-electron chi connectivity index (χ1n) is 9.57. The minimum Gasteiger partial charge on any atom is -0.348 e. The molecule has 0 radical (unpaired) electrons. The van der Waals surface area contributed by atoms with Gasteiger partial charge in [-0.2, -0.15) is 0 Å². The van der Waals surface area contributed by atoms with E-state index in [-0.39, 0.29) is 22.9 Å². The van der Waals surface area contributed by atoms with Crippen LogP contribution in [0.1, 0.15) is 28.4 Å². The number of aryl methyl sites for hydroxylation is 1. The Labute approximate surface area is 181 Å². The summed E-state index contributed by atoms with van der Waals surface area (Å²) in [7, 11) is -3.84. The van der Waals surface area contributed by atoms with Gasteiger partial charge in [-0.25, -0.2) is 8.42 Å². The van der Waals surface area contributed by atoms with Gasteiger partial charge in [0.25, 0.3) is 15.9 Å². The third kappa shape index (κ3) is 6.16. The molecule has 3 aromatic rings. The van der Waals surface area contributed by atoms with Crippen LogP contribution in [-0.2, 0) is 21.4 Å². The lowest BCUT2D eigenvalue weighted by Crippen LogP contribution is -2.23. The summed E-state index contributed by atoms with van der Waals surface area (Å²) in [6.07, 6.45) is 0. The van der Waals surface area contributed by atoms with Gasteiger partial charge < -0.3 is 10.6 Å². The van der Waals surface area contributed by atoms with E-state index in [1.807, 2.05) is 19.1 Å². The van der Waals surface area contributed by atoms with E-state index in [0.29, 0.717) is 11.4 Å². The molecule has 0 aliphatic carbocycles. The van der Waals surface area contributed by atoms with E-state index in [2.05, 4.69) is 15.4 Å². The Morgan fingerprint density at radius 2 is 1.58 bits per heavy atom. The first-order valence-corrected chi connectivity index (χ1v) is 11.1. The van der Waals surface area contributed by atoms with Crippen LogP contribution in [0.3, 0.4) is 0 Å². The summed E-state index contributed by atoms with van der Waals surface area (Å²) in [6.45, 7) is 3.52. The van der Waals surface area contributed by atoms with Gasteiger partial charge in [-0.1, -0.05) is 30.3 Å². The number of hydrogen-bond acceptors (Lipinski definition) is 4. The lowest BCUT2D eigenvalue weighted by molar-refractivity contribution is -0.114. The van der Waals surface area contributed by atoms with Crippen molar-refractivity contribution < 1.29 is 18.0 Å². The maximum absolute atomic E-state index is 12.7. The van der Waals surface area contributed by atoms with E-state index < -0.39 is 15.9 Å². The van der Waals surface area contributed by atoms with Crippen LogP contribution in [0.2, 0.25) is 0 Å². The molecule has 0 saturated carbocycles. The Kier molecular flexibility index (Phi) is 6.71. The number of sulfonamides is 1. The molecule has 3 N–H and O–H groups in total. The molecule has 0 unspecified atom stereocenters. The van der Waals surface area contributed by atoms with Gasteiger partial charge in [0.2, 0.25) is 5.91 Å². The number of rotatable bonds is 7. The summed E-state index contributed by atoms with van der Waals surface area (Å²) >= 11 is 0. The summed E-state index contributed by atoms with van der Waals surface area (Å²) < 4.78 is 28.0. The predicted octanol–water partition coefficient (Wildman–Crippen LogP) is 3.68. The Morgan fingerprint density at radius 1 is 0.871 bits per heavy atom. The van der Waals surface area contributed by atoms with Crippen LogP contribution in [-0.4, -0.2) is 20.2 Å². The Balaban J connectivity index is 1.70. The van der Waals surface area contributed by atoms with Crippen molar-refractivity contribution in [3.63, 3.8) is 0 Å². The van der Waals surface area contributed by atoms with Crippen LogP contribution in [0.5, 0.6) is 0 Å². The number of nitrogens with one attached hydrogen (secondary N) is 3. The first kappa shape index (κ1) is 22.0. The molecule has 8 heteroatoms. The van der Waals surface area contributed by atoms with Gasteiger partial charge in [0.05, 0.1) is 4.90 Å². The predicted molar refractivity (Wildman–Crippen MR) is 120 cm³/mol. The van der Waals surface area contributed by atoms with Crippen LogP contribution >= 0.6 is 0 Å². The summed E-state index contributed by atoms with van der Waals surface area (Å²) in [5.41, 5.74) is 3.04. The number of amides is 2. The fourth-order valence-electron chi connectivity index (χ4n) is 2.97. The van der Waals surface area contributed by atoms with Gasteiger partial charge in [-0.05, 0) is 60.5 Å². The molecule has 0 heterocycles. The summed E-state index contributed by atoms with van der Waals surface area (Å²) in [5.74, 6) is -0.587. The quantitative estimate of drug-likeness (QED) is 0.524. The zero-order chi connectivity index (χ0) is 22.4. The van der Waals surface area contributed by atoms with E-state index in [9.17, 15) is 18.0 Å². The fraction of sp³-hybridized carbons (Fsp3) is 0.130. The van der Waals surface area contributed by atoms with Crippen molar-refractivity contribution in [3.05, 3.63) is 89.5 Å². The molecule has 0 atom stereocenters. The van der Waals surface area contributed by atoms with Crippen molar-refractivity contribution >= 4 is 33.2 Å². The minimum atomic E-state index is -3.84. The molecular weight excluding hydrogens is 414 g/mol. The molecule has 2 amide bonds. The number of carbonyl (C=O) groups is 2. The molecule has 31 heavy (non-hydrogen) atoms. The van der Waals surface area contributed by atoms with Crippen molar-refractivity contribution in [2.45, 2.75) is 25.3 Å². The highest BCUT2D eigenvalue weighted by atomic mass is 32.2. The third-order valence-corrected chi connectivity index (χ3v) is 5.76. The Hall–Kier alpha value is -3.65. The molecule has 0 aliphatic heterocycles. The topological polar surface area (TPSA) is 104 Å². The number of hydrogen-bond donors (Lipinski definition) is 3. The van der Waals surface area contributed by atoms with Crippen molar-refractivity contribution in [3.8, 4) is 0 Å². The van der Waals surface area contributed by atoms with Crippen LogP contribution in [0.4, 0.5) is 11.4 Å². The van der Waals surface area contributed by atoms with E-state index in [4.69, 9.17) is 0 Å². The molecule has 0 saturated heterocycles. The lowest BCUT2D eigenvalue weighted by Gasteiger charge is -2.11. The molecule has 0 aliphatic rings. The van der Waals surface area contributed by atoms with Crippen LogP contribution in [0.15, 0.2) is 77.7 Å².